The molecule has 40 heavy (non-hydrogen) atoms. The molecule has 0 aliphatic carbocycles. The number of hydrogen-bond acceptors (Lipinski definition) is 6. The van der Waals surface area contributed by atoms with Crippen molar-refractivity contribution in [2.24, 2.45) is 5.92 Å². The molecule has 0 saturated carbocycles. The molecule has 1 fully saturated rings. The molecular formula is C31H36N6O3. The Bertz CT molecular complexity index is 1400. The topological polar surface area (TPSA) is 96.5 Å². The molecule has 2 atom stereocenters. The van der Waals surface area contributed by atoms with Crippen molar-refractivity contribution >= 4 is 11.8 Å². The van der Waals surface area contributed by atoms with Crippen LogP contribution in [0.3, 0.4) is 0 Å². The second-order valence-corrected chi connectivity index (χ2v) is 10.8. The summed E-state index contributed by atoms with van der Waals surface area (Å²) in [6.07, 6.45) is 5.07. The largest absolute Gasteiger partial charge is 0.464 e. The fourth-order valence-electron chi connectivity index (χ4n) is 5.33. The summed E-state index contributed by atoms with van der Waals surface area (Å²) >= 11 is 0. The van der Waals surface area contributed by atoms with Gasteiger partial charge in [-0.05, 0) is 35.7 Å². The van der Waals surface area contributed by atoms with E-state index in [1.54, 1.807) is 23.8 Å². The number of hydrogen-bond donors (Lipinski definition) is 1. The molecule has 2 aromatic heterocycles. The second-order valence-electron chi connectivity index (χ2n) is 10.8. The second kappa shape index (κ2) is 12.3. The zero-order valence-corrected chi connectivity index (χ0v) is 23.2. The minimum Gasteiger partial charge on any atom is -0.464 e. The van der Waals surface area contributed by atoms with Crippen LogP contribution in [0.25, 0.3) is 11.3 Å². The summed E-state index contributed by atoms with van der Waals surface area (Å²) in [5.41, 5.74) is 4.32. The van der Waals surface area contributed by atoms with Crippen molar-refractivity contribution in [1.82, 2.24) is 29.9 Å². The lowest BCUT2D eigenvalue weighted by molar-refractivity contribution is -0.150. The molecule has 208 valence electrons. The zero-order chi connectivity index (χ0) is 28.1. The summed E-state index contributed by atoms with van der Waals surface area (Å²) in [5.74, 6) is 0.475. The summed E-state index contributed by atoms with van der Waals surface area (Å²) in [4.78, 5) is 30.9. The van der Waals surface area contributed by atoms with E-state index in [9.17, 15) is 9.59 Å². The third kappa shape index (κ3) is 6.31. The molecule has 9 nitrogen and oxygen atoms in total. The van der Waals surface area contributed by atoms with Crippen molar-refractivity contribution in [1.29, 1.82) is 0 Å². The molecule has 0 radical (unpaired) electrons. The Labute approximate surface area is 234 Å². The number of aromatic nitrogens is 3. The fraction of sp³-hybridized carbons (Fsp3) is 0.355. The van der Waals surface area contributed by atoms with E-state index in [1.165, 1.54) is 11.1 Å². The molecule has 2 aromatic carbocycles. The molecule has 0 bridgehead atoms. The minimum atomic E-state index is -0.578. The first-order chi connectivity index (χ1) is 19.4. The molecule has 4 aromatic rings. The maximum absolute atomic E-state index is 13.6. The standard InChI is InChI=1S/C31H36N6O3/c1-22(2)31(39)37-23(3)16-35(17-26-7-4-5-8-27(26)18-36-20-33-34-21-36)19-28(37)30(38)32-15-24-10-12-25(13-11-24)29-9-6-14-40-29/h4-14,20-23,28H,15-19H2,1-3H3,(H,32,38)/t23-,28-/m1/s1. The van der Waals surface area contributed by atoms with Crippen LogP contribution in [0.5, 0.6) is 0 Å². The monoisotopic (exact) mass is 540 g/mol. The van der Waals surface area contributed by atoms with Gasteiger partial charge in [0.05, 0.1) is 12.8 Å². The Morgan fingerprint density at radius 1 is 0.950 bits per heavy atom. The Balaban J connectivity index is 1.29. The van der Waals surface area contributed by atoms with Gasteiger partial charge in [0.25, 0.3) is 0 Å². The van der Waals surface area contributed by atoms with Gasteiger partial charge in [-0.25, -0.2) is 0 Å². The molecule has 3 heterocycles. The predicted octanol–water partition coefficient (Wildman–Crippen LogP) is 3.96. The summed E-state index contributed by atoms with van der Waals surface area (Å²) in [7, 11) is 0. The first-order valence-electron chi connectivity index (χ1n) is 13.7. The summed E-state index contributed by atoms with van der Waals surface area (Å²) < 4.78 is 7.41. The van der Waals surface area contributed by atoms with Crippen molar-refractivity contribution < 1.29 is 14.0 Å². The van der Waals surface area contributed by atoms with Crippen molar-refractivity contribution in [2.75, 3.05) is 13.1 Å². The molecule has 1 aliphatic heterocycles. The number of piperazine rings is 1. The highest BCUT2D eigenvalue weighted by atomic mass is 16.3. The van der Waals surface area contributed by atoms with Crippen molar-refractivity contribution in [3.63, 3.8) is 0 Å². The Kier molecular flexibility index (Phi) is 8.40. The highest BCUT2D eigenvalue weighted by molar-refractivity contribution is 5.89. The lowest BCUT2D eigenvalue weighted by Gasteiger charge is -2.45. The number of carbonyl (C=O) groups excluding carboxylic acids is 2. The molecule has 0 unspecified atom stereocenters. The Morgan fingerprint density at radius 2 is 1.65 bits per heavy atom. The maximum atomic E-state index is 13.6. The smallest absolute Gasteiger partial charge is 0.244 e. The van der Waals surface area contributed by atoms with Gasteiger partial charge in [0, 0.05) is 43.7 Å². The first-order valence-corrected chi connectivity index (χ1v) is 13.7. The molecule has 1 N–H and O–H groups in total. The van der Waals surface area contributed by atoms with Gasteiger partial charge in [0.2, 0.25) is 11.8 Å². The van der Waals surface area contributed by atoms with Crippen molar-refractivity contribution in [3.05, 3.63) is 96.3 Å². The van der Waals surface area contributed by atoms with E-state index in [0.717, 1.165) is 16.9 Å². The zero-order valence-electron chi connectivity index (χ0n) is 23.2. The molecule has 5 rings (SSSR count). The Morgan fingerprint density at radius 3 is 2.30 bits per heavy atom. The highest BCUT2D eigenvalue weighted by Gasteiger charge is 2.40. The third-order valence-corrected chi connectivity index (χ3v) is 7.37. The van der Waals surface area contributed by atoms with Crippen LogP contribution in [0, 0.1) is 5.92 Å². The third-order valence-electron chi connectivity index (χ3n) is 7.37. The normalized spacial score (nSPS) is 17.8. The summed E-state index contributed by atoms with van der Waals surface area (Å²) in [5, 5.41) is 10.9. The molecule has 0 spiro atoms. The van der Waals surface area contributed by atoms with Gasteiger partial charge < -0.3 is 19.2 Å². The maximum Gasteiger partial charge on any atom is 0.244 e. The number of furan rings is 1. The molecule has 9 heteroatoms. The number of nitrogens with one attached hydrogen (secondary N) is 1. The van der Waals surface area contributed by atoms with E-state index in [4.69, 9.17) is 4.42 Å². The average Bonchev–Trinajstić information content (AvgIpc) is 3.67. The van der Waals surface area contributed by atoms with Gasteiger partial charge in [0.1, 0.15) is 24.5 Å². The van der Waals surface area contributed by atoms with E-state index in [-0.39, 0.29) is 23.8 Å². The van der Waals surface area contributed by atoms with Crippen LogP contribution in [0.2, 0.25) is 0 Å². The predicted molar refractivity (Wildman–Crippen MR) is 152 cm³/mol. The highest BCUT2D eigenvalue weighted by Crippen LogP contribution is 2.23. The van der Waals surface area contributed by atoms with Crippen LogP contribution in [-0.4, -0.2) is 61.6 Å². The van der Waals surface area contributed by atoms with Gasteiger partial charge >= 0.3 is 0 Å². The van der Waals surface area contributed by atoms with E-state index >= 15 is 0 Å². The van der Waals surface area contributed by atoms with Crippen LogP contribution >= 0.6 is 0 Å². The number of benzene rings is 2. The van der Waals surface area contributed by atoms with E-state index in [0.29, 0.717) is 32.7 Å². The van der Waals surface area contributed by atoms with Crippen LogP contribution in [0.1, 0.15) is 37.5 Å². The SMILES string of the molecule is CC(C)C(=O)N1[C@H](C)CN(Cc2ccccc2Cn2cnnc2)C[C@@H]1C(=O)NCc1ccc(-c2ccco2)cc1. The molecule has 1 saturated heterocycles. The average molecular weight is 541 g/mol. The number of amides is 2. The quantitative estimate of drug-likeness (QED) is 0.345. The van der Waals surface area contributed by atoms with E-state index in [1.807, 2.05) is 73.9 Å². The first kappa shape index (κ1) is 27.3. The summed E-state index contributed by atoms with van der Waals surface area (Å²) in [6, 6.07) is 19.3. The van der Waals surface area contributed by atoms with Gasteiger partial charge in [-0.3, -0.25) is 14.5 Å². The molecular weight excluding hydrogens is 504 g/mol. The summed E-state index contributed by atoms with van der Waals surface area (Å²) in [6.45, 7) is 8.70. The molecule has 2 amide bonds. The number of nitrogens with zero attached hydrogens (tertiary/aromatic N) is 5. The lowest BCUT2D eigenvalue weighted by Crippen LogP contribution is -2.64. The van der Waals surface area contributed by atoms with Crippen LogP contribution < -0.4 is 5.32 Å². The molecule has 1 aliphatic rings. The van der Waals surface area contributed by atoms with Crippen molar-refractivity contribution in [2.45, 2.75) is 52.5 Å². The van der Waals surface area contributed by atoms with E-state index in [2.05, 4.69) is 32.5 Å². The van der Waals surface area contributed by atoms with E-state index < -0.39 is 6.04 Å². The van der Waals surface area contributed by atoms with Gasteiger partial charge in [-0.2, -0.15) is 0 Å². The van der Waals surface area contributed by atoms with Crippen LogP contribution in [0.15, 0.2) is 84.0 Å². The van der Waals surface area contributed by atoms with Gasteiger partial charge in [0.15, 0.2) is 0 Å². The lowest BCUT2D eigenvalue weighted by atomic mass is 10.0. The fourth-order valence-corrected chi connectivity index (χ4v) is 5.33. The van der Waals surface area contributed by atoms with Gasteiger partial charge in [-0.15, -0.1) is 10.2 Å². The van der Waals surface area contributed by atoms with Crippen LogP contribution in [-0.2, 0) is 29.2 Å². The van der Waals surface area contributed by atoms with Crippen molar-refractivity contribution in [3.8, 4) is 11.3 Å². The van der Waals surface area contributed by atoms with Crippen LogP contribution in [0.4, 0.5) is 0 Å². The number of rotatable bonds is 9. The number of carbonyl (C=O) groups is 2. The van der Waals surface area contributed by atoms with Gasteiger partial charge in [-0.1, -0.05) is 62.4 Å². The Hall–Kier alpha value is -4.24. The minimum absolute atomic E-state index is 0.00288.